The summed E-state index contributed by atoms with van der Waals surface area (Å²) in [4.78, 5) is 10.4. The highest BCUT2D eigenvalue weighted by Crippen LogP contribution is 1.70. The highest BCUT2D eigenvalue weighted by molar-refractivity contribution is 7.97. The minimum absolute atomic E-state index is 0. The van der Waals surface area contributed by atoms with Gasteiger partial charge in [-0.1, -0.05) is 49.4 Å². The van der Waals surface area contributed by atoms with E-state index in [1.807, 2.05) is 40.5 Å². The van der Waals surface area contributed by atoms with Gasteiger partial charge in [-0.05, 0) is 59.2 Å². The minimum atomic E-state index is 0. The van der Waals surface area contributed by atoms with Crippen LogP contribution in [0.3, 0.4) is 0 Å². The Morgan fingerprint density at radius 1 is 0.864 bits per heavy atom. The number of thiocarbonyl (C=S) groups is 1. The van der Waals surface area contributed by atoms with Crippen LogP contribution in [-0.4, -0.2) is 51.5 Å². The summed E-state index contributed by atoms with van der Waals surface area (Å²) in [6, 6.07) is 0. The van der Waals surface area contributed by atoms with Gasteiger partial charge in [0.15, 0.2) is 0 Å². The molecular weight excluding hydrogens is 314 g/mol. The number of methoxy groups -OCH3 is 1. The number of ether oxygens (including phenoxy) is 1. The van der Waals surface area contributed by atoms with Crippen molar-refractivity contribution in [2.24, 2.45) is 0 Å². The largest absolute Gasteiger partial charge is 0.388 e. The number of ketones is 1. The van der Waals surface area contributed by atoms with Crippen LogP contribution in [0.1, 0.15) is 64.8 Å². The molecule has 0 heterocycles. The molecule has 5 heteroatoms. The standard InChI is InChI=1S/C3H6O.C3H6S.C2H7N.C2H6O.C2H6S.5CH4/c2*1-3(2)4;3*1-3-2;;;;;/h2*1-2H3;3H,1-2H3;2*1-2H3;5*1H4. The summed E-state index contributed by atoms with van der Waals surface area (Å²) in [6.07, 6.45) is 4.08. The normalized spacial score (nSPS) is 4.82. The van der Waals surface area contributed by atoms with Gasteiger partial charge in [-0.3, -0.25) is 0 Å². The molecule has 0 atom stereocenters. The summed E-state index contributed by atoms with van der Waals surface area (Å²) >= 11 is 6.29. The van der Waals surface area contributed by atoms with Gasteiger partial charge in [-0.2, -0.15) is 11.8 Å². The molecule has 0 aromatic heterocycles. The van der Waals surface area contributed by atoms with Crippen molar-refractivity contribution < 1.29 is 9.53 Å². The number of Topliss-reactive ketones (excluding diaryl/α,β-unsaturated/α-hetero) is 1. The van der Waals surface area contributed by atoms with Gasteiger partial charge in [0.1, 0.15) is 5.78 Å². The van der Waals surface area contributed by atoms with Crippen LogP contribution in [0.25, 0.3) is 0 Å². The van der Waals surface area contributed by atoms with Gasteiger partial charge in [0.25, 0.3) is 0 Å². The maximum atomic E-state index is 9.44. The monoisotopic (exact) mass is 365 g/mol. The number of nitrogens with one attached hydrogen (secondary N) is 1. The molecule has 0 saturated carbocycles. The highest BCUT2D eigenvalue weighted by Gasteiger charge is 1.62. The Morgan fingerprint density at radius 3 is 0.864 bits per heavy atom. The average Bonchev–Trinajstić information content (AvgIpc) is 2.03. The van der Waals surface area contributed by atoms with Gasteiger partial charge in [-0.15, -0.1) is 0 Å². The fourth-order valence-corrected chi connectivity index (χ4v) is 0. The van der Waals surface area contributed by atoms with E-state index in [1.165, 1.54) is 13.8 Å². The van der Waals surface area contributed by atoms with Crippen molar-refractivity contribution in [3.63, 3.8) is 0 Å². The Morgan fingerprint density at radius 2 is 0.864 bits per heavy atom. The van der Waals surface area contributed by atoms with E-state index in [0.717, 1.165) is 4.86 Å². The summed E-state index contributed by atoms with van der Waals surface area (Å²) in [5.41, 5.74) is 0. The van der Waals surface area contributed by atoms with Crippen LogP contribution in [0, 0.1) is 0 Å². The molecule has 0 fully saturated rings. The number of carbonyl (C=O) groups is 1. The summed E-state index contributed by atoms with van der Waals surface area (Å²) in [5, 5.41) is 2.75. The lowest BCUT2D eigenvalue weighted by Gasteiger charge is -1.61. The Balaban J connectivity index is -0.00000000974. The van der Waals surface area contributed by atoms with Crippen molar-refractivity contribution in [3.05, 3.63) is 0 Å². The van der Waals surface area contributed by atoms with E-state index in [-0.39, 0.29) is 42.9 Å². The third-order valence-electron chi connectivity index (χ3n) is 0. The van der Waals surface area contributed by atoms with E-state index in [0.29, 0.717) is 0 Å². The first kappa shape index (κ1) is 67.3. The van der Waals surface area contributed by atoms with Crippen LogP contribution in [0.4, 0.5) is 0 Å². The summed E-state index contributed by atoms with van der Waals surface area (Å²) in [5.74, 6) is 0.167. The molecule has 0 aromatic carbocycles. The van der Waals surface area contributed by atoms with Crippen molar-refractivity contribution >= 4 is 34.6 Å². The predicted molar refractivity (Wildman–Crippen MR) is 121 cm³/mol. The second-order valence-corrected chi connectivity index (χ2v) is 4.77. The molecule has 0 saturated heterocycles. The Labute approximate surface area is 155 Å². The lowest BCUT2D eigenvalue weighted by molar-refractivity contribution is -0.114. The zero-order valence-electron chi connectivity index (χ0n) is 13.1. The minimum Gasteiger partial charge on any atom is -0.388 e. The topological polar surface area (TPSA) is 38.3 Å². The molecule has 0 spiro atoms. The first-order valence-corrected chi connectivity index (χ1v) is 7.08. The molecule has 0 unspecified atom stereocenters. The average molecular weight is 366 g/mol. The van der Waals surface area contributed by atoms with Crippen molar-refractivity contribution in [2.75, 3.05) is 40.8 Å². The van der Waals surface area contributed by atoms with Gasteiger partial charge >= 0.3 is 0 Å². The Kier molecular flexibility index (Phi) is 317. The Hall–Kier alpha value is 0.0300. The molecule has 0 radical (unpaired) electrons. The maximum absolute atomic E-state index is 9.44. The lowest BCUT2D eigenvalue weighted by atomic mass is 10.6. The summed E-state index contributed by atoms with van der Waals surface area (Å²) < 4.78 is 4.25. The van der Waals surface area contributed by atoms with Crippen molar-refractivity contribution in [2.45, 2.75) is 64.8 Å². The molecule has 148 valence electrons. The van der Waals surface area contributed by atoms with E-state index in [4.69, 9.17) is 0 Å². The summed E-state index contributed by atoms with van der Waals surface area (Å²) in [7, 11) is 7.00. The lowest BCUT2D eigenvalue weighted by Crippen LogP contribution is -1.89. The van der Waals surface area contributed by atoms with E-state index >= 15 is 0 Å². The fraction of sp³-hybridized carbons (Fsp3) is 0.882. The van der Waals surface area contributed by atoms with Gasteiger partial charge in [-0.25, -0.2) is 0 Å². The molecule has 1 N–H and O–H groups in total. The molecule has 0 bridgehead atoms. The van der Waals surface area contributed by atoms with Crippen LogP contribution >= 0.6 is 24.0 Å². The zero-order chi connectivity index (χ0) is 15.3. The quantitative estimate of drug-likeness (QED) is 0.514. The SMILES string of the molecule is C.C.C.C.C.CC(C)=O.CC(C)=S.CNC.COC.CSC. The van der Waals surface area contributed by atoms with Crippen LogP contribution < -0.4 is 5.32 Å². The van der Waals surface area contributed by atoms with Gasteiger partial charge in [0.05, 0.1) is 0 Å². The number of hydrogen-bond donors (Lipinski definition) is 1. The van der Waals surface area contributed by atoms with Crippen molar-refractivity contribution in [3.8, 4) is 0 Å². The third-order valence-corrected chi connectivity index (χ3v) is 0. The van der Waals surface area contributed by atoms with Crippen molar-refractivity contribution in [1.82, 2.24) is 5.32 Å². The van der Waals surface area contributed by atoms with Crippen LogP contribution in [0.15, 0.2) is 0 Å². The molecule has 0 aromatic rings. The molecule has 0 amide bonds. The van der Waals surface area contributed by atoms with Crippen molar-refractivity contribution in [1.29, 1.82) is 0 Å². The van der Waals surface area contributed by atoms with Gasteiger partial charge < -0.3 is 14.8 Å². The molecule has 0 aliphatic carbocycles. The molecule has 22 heavy (non-hydrogen) atoms. The van der Waals surface area contributed by atoms with E-state index < -0.39 is 0 Å². The third kappa shape index (κ3) is 8060000. The van der Waals surface area contributed by atoms with Crippen LogP contribution in [0.5, 0.6) is 0 Å². The molecule has 3 nitrogen and oxygen atoms in total. The van der Waals surface area contributed by atoms with Gasteiger partial charge in [0.2, 0.25) is 0 Å². The maximum Gasteiger partial charge on any atom is 0.126 e. The van der Waals surface area contributed by atoms with E-state index in [1.54, 1.807) is 26.0 Å². The smallest absolute Gasteiger partial charge is 0.126 e. The number of hydrogen-bond acceptors (Lipinski definition) is 5. The number of rotatable bonds is 0. The highest BCUT2D eigenvalue weighted by atomic mass is 32.2. The number of carbonyl (C=O) groups excluding carboxylic acids is 1. The van der Waals surface area contributed by atoms with E-state index in [2.05, 4.69) is 22.3 Å². The molecule has 0 rings (SSSR count). The fourth-order valence-electron chi connectivity index (χ4n) is 0. The first-order chi connectivity index (χ1) is 7.71. The first-order valence-electron chi connectivity index (χ1n) is 5.04. The summed E-state index contributed by atoms with van der Waals surface area (Å²) in [6.45, 7) is 6.85. The zero-order valence-corrected chi connectivity index (χ0v) is 14.8. The van der Waals surface area contributed by atoms with Crippen LogP contribution in [-0.2, 0) is 9.53 Å². The second kappa shape index (κ2) is 103. The van der Waals surface area contributed by atoms with E-state index in [9.17, 15) is 4.79 Å². The molecular formula is C17H51NO2S2. The second-order valence-electron chi connectivity index (χ2n) is 3.13. The molecule has 0 aliphatic rings. The van der Waals surface area contributed by atoms with Gasteiger partial charge in [0, 0.05) is 14.2 Å². The van der Waals surface area contributed by atoms with Crippen LogP contribution in [0.2, 0.25) is 0 Å². The number of thioether (sulfide) groups is 1. The Bertz CT molecular complexity index is 109. The molecule has 0 aliphatic heterocycles. The predicted octanol–water partition coefficient (Wildman–Crippen LogP) is 6.25.